The number of rotatable bonds is 6. The van der Waals surface area contributed by atoms with Crippen LogP contribution in [0, 0.1) is 0 Å². The highest BCUT2D eigenvalue weighted by atomic mass is 32.2. The lowest BCUT2D eigenvalue weighted by molar-refractivity contribution is 0.168. The van der Waals surface area contributed by atoms with E-state index in [-0.39, 0.29) is 6.04 Å². The Morgan fingerprint density at radius 1 is 1.39 bits per heavy atom. The fourth-order valence-electron chi connectivity index (χ4n) is 2.90. The number of nitrogens with zero attached hydrogens (tertiary/aromatic N) is 5. The van der Waals surface area contributed by atoms with Crippen LogP contribution in [0.5, 0.6) is 0 Å². The van der Waals surface area contributed by atoms with Crippen LogP contribution < -0.4 is 4.72 Å². The van der Waals surface area contributed by atoms with Crippen LogP contribution in [0.15, 0.2) is 24.7 Å². The van der Waals surface area contributed by atoms with E-state index in [1.807, 2.05) is 21.6 Å². The molecule has 0 saturated carbocycles. The zero-order valence-corrected chi connectivity index (χ0v) is 14.2. The summed E-state index contributed by atoms with van der Waals surface area (Å²) in [6, 6.07) is 1.97. The highest BCUT2D eigenvalue weighted by Gasteiger charge is 2.26. The van der Waals surface area contributed by atoms with Gasteiger partial charge in [0.15, 0.2) is 0 Å². The molecular weight excluding hydrogens is 316 g/mol. The molecule has 23 heavy (non-hydrogen) atoms. The highest BCUT2D eigenvalue weighted by Crippen LogP contribution is 2.21. The van der Waals surface area contributed by atoms with E-state index >= 15 is 0 Å². The summed E-state index contributed by atoms with van der Waals surface area (Å²) in [4.78, 5) is 2.29. The Hall–Kier alpha value is -1.71. The molecule has 2 aromatic heterocycles. The summed E-state index contributed by atoms with van der Waals surface area (Å²) < 4.78 is 29.2. The van der Waals surface area contributed by atoms with Gasteiger partial charge in [0.2, 0.25) is 10.0 Å². The average molecular weight is 338 g/mol. The van der Waals surface area contributed by atoms with Crippen molar-refractivity contribution in [2.75, 3.05) is 19.3 Å². The Kier molecular flexibility index (Phi) is 4.51. The van der Waals surface area contributed by atoms with E-state index in [0.717, 1.165) is 37.4 Å². The SMILES string of the molecule is CCn1cc(CN2Cc3ccnn3[C@H](CNS(C)(=O)=O)C2)cn1. The molecule has 0 fully saturated rings. The minimum atomic E-state index is -3.21. The molecule has 0 unspecified atom stereocenters. The molecule has 0 saturated heterocycles. The van der Waals surface area contributed by atoms with Gasteiger partial charge in [0, 0.05) is 50.7 Å². The van der Waals surface area contributed by atoms with Crippen LogP contribution in [0.3, 0.4) is 0 Å². The Balaban J connectivity index is 1.72. The molecule has 9 heteroatoms. The summed E-state index contributed by atoms with van der Waals surface area (Å²) in [5, 5.41) is 8.64. The molecule has 0 bridgehead atoms. The second-order valence-electron chi connectivity index (χ2n) is 5.92. The quantitative estimate of drug-likeness (QED) is 0.814. The summed E-state index contributed by atoms with van der Waals surface area (Å²) in [7, 11) is -3.21. The number of sulfonamides is 1. The van der Waals surface area contributed by atoms with Crippen LogP contribution >= 0.6 is 0 Å². The third-order valence-electron chi connectivity index (χ3n) is 3.95. The summed E-state index contributed by atoms with van der Waals surface area (Å²) in [5.41, 5.74) is 2.26. The Labute approximate surface area is 136 Å². The second-order valence-corrected chi connectivity index (χ2v) is 7.75. The van der Waals surface area contributed by atoms with Gasteiger partial charge in [0.05, 0.1) is 24.2 Å². The lowest BCUT2D eigenvalue weighted by Crippen LogP contribution is -2.42. The van der Waals surface area contributed by atoms with E-state index in [9.17, 15) is 8.42 Å². The van der Waals surface area contributed by atoms with Crippen LogP contribution in [-0.4, -0.2) is 52.2 Å². The maximum absolute atomic E-state index is 11.4. The van der Waals surface area contributed by atoms with Crippen LogP contribution in [0.1, 0.15) is 24.2 Å². The van der Waals surface area contributed by atoms with Crippen LogP contribution in [-0.2, 0) is 29.7 Å². The van der Waals surface area contributed by atoms with Crippen molar-refractivity contribution in [1.82, 2.24) is 29.2 Å². The van der Waals surface area contributed by atoms with Gasteiger partial charge in [-0.15, -0.1) is 0 Å². The van der Waals surface area contributed by atoms with Crippen molar-refractivity contribution in [2.45, 2.75) is 32.6 Å². The molecule has 1 atom stereocenters. The molecule has 1 aliphatic heterocycles. The molecule has 0 aromatic carbocycles. The van der Waals surface area contributed by atoms with Gasteiger partial charge in [-0.05, 0) is 13.0 Å². The molecule has 3 rings (SSSR count). The zero-order chi connectivity index (χ0) is 16.4. The predicted molar refractivity (Wildman–Crippen MR) is 86.1 cm³/mol. The first kappa shape index (κ1) is 16.2. The smallest absolute Gasteiger partial charge is 0.208 e. The van der Waals surface area contributed by atoms with Gasteiger partial charge in [0.1, 0.15) is 0 Å². The van der Waals surface area contributed by atoms with Crippen LogP contribution in [0.2, 0.25) is 0 Å². The predicted octanol–water partition coefficient (Wildman–Crippen LogP) is 0.206. The van der Waals surface area contributed by atoms with Crippen molar-refractivity contribution in [3.05, 3.63) is 35.9 Å². The number of hydrogen-bond donors (Lipinski definition) is 1. The van der Waals surface area contributed by atoms with Gasteiger partial charge in [-0.1, -0.05) is 0 Å². The number of aryl methyl sites for hydroxylation is 1. The van der Waals surface area contributed by atoms with E-state index < -0.39 is 10.0 Å². The van der Waals surface area contributed by atoms with E-state index in [1.165, 1.54) is 6.26 Å². The van der Waals surface area contributed by atoms with Crippen molar-refractivity contribution >= 4 is 10.0 Å². The van der Waals surface area contributed by atoms with Crippen molar-refractivity contribution < 1.29 is 8.42 Å². The maximum Gasteiger partial charge on any atom is 0.208 e. The van der Waals surface area contributed by atoms with E-state index in [1.54, 1.807) is 6.20 Å². The van der Waals surface area contributed by atoms with Crippen molar-refractivity contribution in [3.8, 4) is 0 Å². The summed E-state index contributed by atoms with van der Waals surface area (Å²) in [6.45, 7) is 5.59. The van der Waals surface area contributed by atoms with E-state index in [4.69, 9.17) is 0 Å². The molecule has 3 heterocycles. The standard InChI is InChI=1S/C14H22N6O2S/c1-3-19-9-12(6-16-19)8-18-10-13-4-5-15-20(13)14(11-18)7-17-23(2,21)22/h4-6,9,14,17H,3,7-8,10-11H2,1-2H3/t14-/m1/s1. The first-order chi connectivity index (χ1) is 10.9. The molecule has 1 N–H and O–H groups in total. The maximum atomic E-state index is 11.4. The minimum Gasteiger partial charge on any atom is -0.291 e. The number of aromatic nitrogens is 4. The van der Waals surface area contributed by atoms with Crippen LogP contribution in [0.4, 0.5) is 0 Å². The third-order valence-corrected chi connectivity index (χ3v) is 4.64. The molecular formula is C14H22N6O2S. The fraction of sp³-hybridized carbons (Fsp3) is 0.571. The highest BCUT2D eigenvalue weighted by molar-refractivity contribution is 7.88. The summed E-state index contributed by atoms with van der Waals surface area (Å²) in [6.07, 6.45) is 6.88. The van der Waals surface area contributed by atoms with Gasteiger partial charge >= 0.3 is 0 Å². The van der Waals surface area contributed by atoms with Crippen LogP contribution in [0.25, 0.3) is 0 Å². The molecule has 126 valence electrons. The molecule has 2 aromatic rings. The normalized spacial score (nSPS) is 19.0. The van der Waals surface area contributed by atoms with Gasteiger partial charge < -0.3 is 0 Å². The zero-order valence-electron chi connectivity index (χ0n) is 13.4. The van der Waals surface area contributed by atoms with Crippen molar-refractivity contribution in [3.63, 3.8) is 0 Å². The van der Waals surface area contributed by atoms with E-state index in [2.05, 4.69) is 32.9 Å². The van der Waals surface area contributed by atoms with E-state index in [0.29, 0.717) is 6.54 Å². The fourth-order valence-corrected chi connectivity index (χ4v) is 3.40. The first-order valence-electron chi connectivity index (χ1n) is 7.65. The Bertz CT molecular complexity index is 766. The number of fused-ring (bicyclic) bond motifs is 1. The van der Waals surface area contributed by atoms with Crippen molar-refractivity contribution in [2.24, 2.45) is 0 Å². The summed E-state index contributed by atoms with van der Waals surface area (Å²) in [5.74, 6) is 0. The number of nitrogens with one attached hydrogen (secondary N) is 1. The molecule has 0 radical (unpaired) electrons. The Morgan fingerprint density at radius 2 is 2.22 bits per heavy atom. The van der Waals surface area contributed by atoms with Crippen molar-refractivity contribution in [1.29, 1.82) is 0 Å². The largest absolute Gasteiger partial charge is 0.291 e. The number of hydrogen-bond acceptors (Lipinski definition) is 5. The lowest BCUT2D eigenvalue weighted by Gasteiger charge is -2.33. The lowest BCUT2D eigenvalue weighted by atomic mass is 10.1. The third kappa shape index (κ3) is 3.98. The molecule has 0 amide bonds. The average Bonchev–Trinajstić information content (AvgIpc) is 3.12. The van der Waals surface area contributed by atoms with Gasteiger partial charge in [-0.25, -0.2) is 13.1 Å². The van der Waals surface area contributed by atoms with Gasteiger partial charge in [0.25, 0.3) is 0 Å². The molecule has 0 aliphatic carbocycles. The minimum absolute atomic E-state index is 0.00954. The topological polar surface area (TPSA) is 85.0 Å². The molecule has 8 nitrogen and oxygen atoms in total. The van der Waals surface area contributed by atoms with Gasteiger partial charge in [-0.2, -0.15) is 10.2 Å². The summed E-state index contributed by atoms with van der Waals surface area (Å²) >= 11 is 0. The first-order valence-corrected chi connectivity index (χ1v) is 9.54. The van der Waals surface area contributed by atoms with Gasteiger partial charge in [-0.3, -0.25) is 14.3 Å². The Morgan fingerprint density at radius 3 is 2.91 bits per heavy atom. The monoisotopic (exact) mass is 338 g/mol. The molecule has 1 aliphatic rings. The second kappa shape index (κ2) is 6.42. The molecule has 0 spiro atoms.